The monoisotopic (exact) mass is 980 g/mol. The zero-order valence-electron chi connectivity index (χ0n) is 37.4. The zero-order chi connectivity index (χ0) is 50.3. The lowest BCUT2D eigenvalue weighted by molar-refractivity contribution is -0.272. The van der Waals surface area contributed by atoms with Gasteiger partial charge in [0, 0.05) is 22.0 Å². The molecule has 1 spiro atoms. The van der Waals surface area contributed by atoms with Crippen molar-refractivity contribution < 1.29 is 88.7 Å². The van der Waals surface area contributed by atoms with Gasteiger partial charge in [-0.25, -0.2) is 0 Å². The van der Waals surface area contributed by atoms with Crippen molar-refractivity contribution in [3.63, 3.8) is 0 Å². The van der Waals surface area contributed by atoms with Crippen molar-refractivity contribution in [2.45, 2.75) is 114 Å². The van der Waals surface area contributed by atoms with Crippen LogP contribution in [-0.4, -0.2) is 57.3 Å². The quantitative estimate of drug-likeness (QED) is 0.103. The average Bonchev–Trinajstić information content (AvgIpc) is 3.47. The van der Waals surface area contributed by atoms with Gasteiger partial charge in [-0.05, 0) is 125 Å². The van der Waals surface area contributed by atoms with Crippen LogP contribution in [-0.2, 0) is 61.8 Å². The summed E-state index contributed by atoms with van der Waals surface area (Å²) in [5.41, 5.74) is 3.71. The Morgan fingerprint density at radius 2 is 1.03 bits per heavy atom. The number of ether oxygens (including phenoxy) is 5. The van der Waals surface area contributed by atoms with Crippen molar-refractivity contribution in [1.29, 1.82) is 0 Å². The Morgan fingerprint density at radius 1 is 0.536 bits per heavy atom. The average molecular weight is 981 g/mol. The van der Waals surface area contributed by atoms with Crippen molar-refractivity contribution in [3.8, 4) is 34.5 Å². The highest BCUT2D eigenvalue weighted by Gasteiger charge is 2.57. The first-order chi connectivity index (χ1) is 32.2. The van der Waals surface area contributed by atoms with E-state index < -0.39 is 42.8 Å². The van der Waals surface area contributed by atoms with Gasteiger partial charge in [0.2, 0.25) is 0 Å². The molecule has 372 valence electrons. The van der Waals surface area contributed by atoms with Crippen LogP contribution in [0.3, 0.4) is 0 Å². The third-order valence-corrected chi connectivity index (χ3v) is 12.5. The molecule has 0 aromatic heterocycles. The molecular weight excluding hydrogens is 932 g/mol. The number of alkyl halides is 9. The maximum absolute atomic E-state index is 12.7. The summed E-state index contributed by atoms with van der Waals surface area (Å²) in [6.45, 7) is 7.48. The second-order valence-electron chi connectivity index (χ2n) is 18.2. The predicted octanol–water partition coefficient (Wildman–Crippen LogP) is 12.2. The number of hydrogen-bond acceptors (Lipinski definition) is 10. The van der Waals surface area contributed by atoms with Crippen LogP contribution in [0.15, 0.2) is 91.0 Å². The molecule has 1 fully saturated rings. The molecule has 5 aromatic carbocycles. The van der Waals surface area contributed by atoms with Gasteiger partial charge in [-0.3, -0.25) is 0 Å². The number of phenolic OH excluding ortho intramolecular Hbond substituents is 5. The standard InChI is InChI=1S/C11H14O2.2C10H9F3O2.C10H10O2.C9H7F3O2/c1-11(2)7-13-6-8-3-4-9(12)5-10(8)11;1-9(10(11,12)13)8-4-7(14)3-2-6(8)5-15-9;11-10(12,13)4-9-8-3-7(14)2-1-6(8)5-15-9;11-7-1-2-9-8(5-7)10(3-4-10)6-12-9;10-9(11,12)8-7-3-6(13)2-1-5(7)4-14-8/h3-5,12H,6-7H2,1-2H3;2-4,14H,5H2,1H3;1-3,9,14H,4-5H2;1-2,5,11H,3-4,6H2;1-3,8,13H,4H2. The van der Waals surface area contributed by atoms with Crippen LogP contribution in [0.1, 0.15) is 102 Å². The Morgan fingerprint density at radius 3 is 1.59 bits per heavy atom. The van der Waals surface area contributed by atoms with E-state index in [1.165, 1.54) is 65.9 Å². The molecule has 5 aliphatic heterocycles. The summed E-state index contributed by atoms with van der Waals surface area (Å²) in [4.78, 5) is 0. The van der Waals surface area contributed by atoms with Gasteiger partial charge in [-0.15, -0.1) is 0 Å². The highest BCUT2D eigenvalue weighted by atomic mass is 19.4. The van der Waals surface area contributed by atoms with Crippen LogP contribution < -0.4 is 4.74 Å². The fraction of sp³-hybridized carbons (Fsp3) is 0.400. The van der Waals surface area contributed by atoms with Gasteiger partial charge >= 0.3 is 18.5 Å². The molecule has 1 aliphatic carbocycles. The molecule has 11 rings (SSSR count). The van der Waals surface area contributed by atoms with Crippen molar-refractivity contribution in [2.24, 2.45) is 0 Å². The summed E-state index contributed by atoms with van der Waals surface area (Å²) < 4.78 is 137. The number of phenols is 5. The molecule has 69 heavy (non-hydrogen) atoms. The minimum absolute atomic E-state index is 0.00463. The summed E-state index contributed by atoms with van der Waals surface area (Å²) in [7, 11) is 0. The van der Waals surface area contributed by atoms with Crippen LogP contribution in [0.2, 0.25) is 0 Å². The minimum Gasteiger partial charge on any atom is -0.508 e. The molecule has 3 unspecified atom stereocenters. The first kappa shape index (κ1) is 51.0. The summed E-state index contributed by atoms with van der Waals surface area (Å²) in [5, 5.41) is 46.1. The predicted molar refractivity (Wildman–Crippen MR) is 230 cm³/mol. The number of fused-ring (bicyclic) bond motifs is 6. The van der Waals surface area contributed by atoms with E-state index in [-0.39, 0.29) is 59.0 Å². The molecule has 5 N–H and O–H groups in total. The van der Waals surface area contributed by atoms with E-state index in [0.29, 0.717) is 40.4 Å². The van der Waals surface area contributed by atoms with Gasteiger partial charge in [0.1, 0.15) is 34.5 Å². The molecule has 0 radical (unpaired) electrons. The number of rotatable bonds is 1. The molecule has 5 heterocycles. The lowest BCUT2D eigenvalue weighted by atomic mass is 9.81. The van der Waals surface area contributed by atoms with E-state index in [4.69, 9.17) is 24.1 Å². The van der Waals surface area contributed by atoms with Gasteiger partial charge in [0.25, 0.3) is 0 Å². The summed E-state index contributed by atoms with van der Waals surface area (Å²) in [6.07, 6.45) is -14.6. The molecule has 0 saturated heterocycles. The fourth-order valence-corrected chi connectivity index (χ4v) is 8.56. The van der Waals surface area contributed by atoms with E-state index in [0.717, 1.165) is 38.0 Å². The molecule has 5 aromatic rings. The van der Waals surface area contributed by atoms with Crippen molar-refractivity contribution in [1.82, 2.24) is 0 Å². The van der Waals surface area contributed by atoms with Crippen LogP contribution >= 0.6 is 0 Å². The normalized spacial score (nSPS) is 21.7. The van der Waals surface area contributed by atoms with Gasteiger partial charge < -0.3 is 49.2 Å². The van der Waals surface area contributed by atoms with Gasteiger partial charge in [-0.1, -0.05) is 38.1 Å². The number of hydrogen-bond donors (Lipinski definition) is 5. The maximum atomic E-state index is 12.7. The van der Waals surface area contributed by atoms with Gasteiger partial charge in [0.05, 0.1) is 52.2 Å². The van der Waals surface area contributed by atoms with E-state index in [9.17, 15) is 59.9 Å². The molecule has 6 aliphatic rings. The van der Waals surface area contributed by atoms with E-state index in [2.05, 4.69) is 18.6 Å². The molecule has 1 saturated carbocycles. The molecule has 10 nitrogen and oxygen atoms in total. The van der Waals surface area contributed by atoms with E-state index >= 15 is 0 Å². The Balaban J connectivity index is 0.000000128. The maximum Gasteiger partial charge on any atom is 0.421 e. The highest BCUT2D eigenvalue weighted by molar-refractivity contribution is 5.50. The Hall–Kier alpha value is -5.89. The van der Waals surface area contributed by atoms with Crippen molar-refractivity contribution in [3.05, 3.63) is 141 Å². The van der Waals surface area contributed by atoms with Crippen molar-refractivity contribution >= 4 is 0 Å². The van der Waals surface area contributed by atoms with Gasteiger partial charge in [-0.2, -0.15) is 39.5 Å². The van der Waals surface area contributed by atoms with E-state index in [1.807, 2.05) is 24.3 Å². The van der Waals surface area contributed by atoms with E-state index in [1.54, 1.807) is 18.2 Å². The highest BCUT2D eigenvalue weighted by Crippen LogP contribution is 2.56. The second kappa shape index (κ2) is 19.1. The van der Waals surface area contributed by atoms with Crippen LogP contribution in [0.5, 0.6) is 34.5 Å². The minimum atomic E-state index is -4.48. The lowest BCUT2D eigenvalue weighted by Crippen LogP contribution is -2.38. The Labute approximate surface area is 390 Å². The van der Waals surface area contributed by atoms with Gasteiger partial charge in [0.15, 0.2) is 11.7 Å². The Bertz CT molecular complexity index is 2640. The topological polar surface area (TPSA) is 147 Å². The first-order valence-electron chi connectivity index (χ1n) is 21.6. The zero-order valence-corrected chi connectivity index (χ0v) is 37.4. The number of benzene rings is 5. The molecular formula is C50H49F9O10. The van der Waals surface area contributed by atoms with Crippen LogP contribution in [0.4, 0.5) is 39.5 Å². The first-order valence-corrected chi connectivity index (χ1v) is 21.6. The summed E-state index contributed by atoms with van der Waals surface area (Å²) in [6, 6.07) is 23.0. The Kier molecular flexibility index (Phi) is 14.1. The summed E-state index contributed by atoms with van der Waals surface area (Å²) >= 11 is 0. The summed E-state index contributed by atoms with van der Waals surface area (Å²) in [5.74, 6) is 1.26. The fourth-order valence-electron chi connectivity index (χ4n) is 8.56. The number of halogens is 9. The third kappa shape index (κ3) is 11.6. The molecule has 0 amide bonds. The molecule has 19 heteroatoms. The second-order valence-corrected chi connectivity index (χ2v) is 18.2. The van der Waals surface area contributed by atoms with Crippen molar-refractivity contribution in [2.75, 3.05) is 13.2 Å². The van der Waals surface area contributed by atoms with Crippen LogP contribution in [0.25, 0.3) is 0 Å². The largest absolute Gasteiger partial charge is 0.508 e. The number of aromatic hydroxyl groups is 5. The lowest BCUT2D eigenvalue weighted by Gasteiger charge is -2.32. The third-order valence-electron chi connectivity index (χ3n) is 12.5. The smallest absolute Gasteiger partial charge is 0.421 e. The molecule has 0 bridgehead atoms. The molecule has 3 atom stereocenters. The SMILES string of the molecule is CC1(C(F)(F)F)OCc2ccc(O)cc21.CC1(C)COCc2ccc(O)cc21.Oc1ccc2c(c1)C(C(F)(F)F)OC2.Oc1ccc2c(c1)C(CC(F)(F)F)OC2.Oc1ccc2c(c1)C1(CC1)CO2. The van der Waals surface area contributed by atoms with Crippen LogP contribution in [0, 0.1) is 0 Å².